The largest absolute Gasteiger partial charge is 0.460 e. The number of rotatable bonds is 6. The molecule has 1 atom stereocenters. The summed E-state index contributed by atoms with van der Waals surface area (Å²) in [7, 11) is 0. The summed E-state index contributed by atoms with van der Waals surface area (Å²) in [4.78, 5) is 24.5. The van der Waals surface area contributed by atoms with Gasteiger partial charge in [0, 0.05) is 18.0 Å². The molecule has 8 heteroatoms. The Morgan fingerprint density at radius 3 is 2.56 bits per heavy atom. The third-order valence-electron chi connectivity index (χ3n) is 4.10. The first-order chi connectivity index (χ1) is 12.6. The van der Waals surface area contributed by atoms with Crippen molar-refractivity contribution in [2.45, 2.75) is 45.4 Å². The van der Waals surface area contributed by atoms with Crippen LogP contribution in [0.5, 0.6) is 0 Å². The number of alkyl halides is 3. The van der Waals surface area contributed by atoms with Gasteiger partial charge in [-0.2, -0.15) is 13.2 Å². The molecule has 0 unspecified atom stereocenters. The van der Waals surface area contributed by atoms with Crippen molar-refractivity contribution in [3.63, 3.8) is 0 Å². The van der Waals surface area contributed by atoms with Crippen LogP contribution >= 0.6 is 0 Å². The van der Waals surface area contributed by atoms with E-state index in [1.54, 1.807) is 0 Å². The lowest BCUT2D eigenvalue weighted by molar-refractivity contribution is -0.143. The molecule has 5 nitrogen and oxygen atoms in total. The molecule has 1 aromatic rings. The monoisotopic (exact) mass is 385 g/mol. The van der Waals surface area contributed by atoms with E-state index in [-0.39, 0.29) is 42.6 Å². The Morgan fingerprint density at radius 1 is 1.26 bits per heavy atom. The van der Waals surface area contributed by atoms with Crippen LogP contribution in [0, 0.1) is 0 Å². The zero-order chi connectivity index (χ0) is 20.2. The molecule has 1 aliphatic heterocycles. The second-order valence-corrected chi connectivity index (χ2v) is 6.48. The standard InChI is InChI=1S/C19H22F3NO4/c1-11(2)26-8-9-27-18(25)17-12(3)23-16(24)10-14(17)13-6-4-5-7-15(13)19(20,21)22/h4-7,11,14H,8-10H2,1-3H3,(H,23,24)/t14-/m1/s1. The van der Waals surface area contributed by atoms with Gasteiger partial charge < -0.3 is 14.8 Å². The van der Waals surface area contributed by atoms with E-state index in [0.29, 0.717) is 0 Å². The van der Waals surface area contributed by atoms with Crippen molar-refractivity contribution in [2.75, 3.05) is 13.2 Å². The molecule has 148 valence electrons. The second kappa shape index (κ2) is 8.56. The summed E-state index contributed by atoms with van der Waals surface area (Å²) in [5.41, 5.74) is -0.769. The highest BCUT2D eigenvalue weighted by Gasteiger charge is 2.39. The number of nitrogens with one attached hydrogen (secondary N) is 1. The summed E-state index contributed by atoms with van der Waals surface area (Å²) >= 11 is 0. The number of esters is 1. The first-order valence-corrected chi connectivity index (χ1v) is 8.56. The first kappa shape index (κ1) is 21.0. The summed E-state index contributed by atoms with van der Waals surface area (Å²) in [5.74, 6) is -2.24. The van der Waals surface area contributed by atoms with Crippen LogP contribution in [-0.4, -0.2) is 31.2 Å². The molecular weight excluding hydrogens is 363 g/mol. The summed E-state index contributed by atoms with van der Waals surface area (Å²) in [6, 6.07) is 4.95. The minimum absolute atomic E-state index is 0.0239. The lowest BCUT2D eigenvalue weighted by Crippen LogP contribution is -2.35. The van der Waals surface area contributed by atoms with E-state index < -0.39 is 29.5 Å². The van der Waals surface area contributed by atoms with Gasteiger partial charge in [0.25, 0.3) is 0 Å². The predicted molar refractivity (Wildman–Crippen MR) is 91.7 cm³/mol. The number of amides is 1. The van der Waals surface area contributed by atoms with Crippen molar-refractivity contribution in [3.8, 4) is 0 Å². The van der Waals surface area contributed by atoms with Gasteiger partial charge in [0.2, 0.25) is 5.91 Å². The normalized spacial score (nSPS) is 17.9. The molecule has 1 aromatic carbocycles. The van der Waals surface area contributed by atoms with E-state index in [0.717, 1.165) is 6.07 Å². The molecule has 0 radical (unpaired) electrons. The maximum Gasteiger partial charge on any atom is 0.416 e. The fourth-order valence-electron chi connectivity index (χ4n) is 2.99. The van der Waals surface area contributed by atoms with Crippen molar-refractivity contribution in [3.05, 3.63) is 46.7 Å². The van der Waals surface area contributed by atoms with Crippen molar-refractivity contribution in [1.29, 1.82) is 0 Å². The van der Waals surface area contributed by atoms with Gasteiger partial charge in [-0.1, -0.05) is 18.2 Å². The van der Waals surface area contributed by atoms with Crippen LogP contribution in [0.25, 0.3) is 0 Å². The topological polar surface area (TPSA) is 64.6 Å². The van der Waals surface area contributed by atoms with Gasteiger partial charge in [0.15, 0.2) is 0 Å². The van der Waals surface area contributed by atoms with Crippen molar-refractivity contribution in [1.82, 2.24) is 5.32 Å². The Hall–Kier alpha value is -2.35. The van der Waals surface area contributed by atoms with Crippen LogP contribution in [0.4, 0.5) is 13.2 Å². The van der Waals surface area contributed by atoms with Gasteiger partial charge in [0.05, 0.1) is 23.8 Å². The lowest BCUT2D eigenvalue weighted by atomic mass is 9.82. The average molecular weight is 385 g/mol. The number of hydrogen-bond donors (Lipinski definition) is 1. The van der Waals surface area contributed by atoms with E-state index in [1.165, 1.54) is 25.1 Å². The zero-order valence-electron chi connectivity index (χ0n) is 15.4. The SMILES string of the molecule is CC1=C(C(=O)OCCOC(C)C)[C@@H](c2ccccc2C(F)(F)F)CC(=O)N1. The average Bonchev–Trinajstić information content (AvgIpc) is 2.57. The maximum atomic E-state index is 13.4. The van der Waals surface area contributed by atoms with Gasteiger partial charge >= 0.3 is 12.1 Å². The van der Waals surface area contributed by atoms with Gasteiger partial charge in [-0.05, 0) is 32.4 Å². The second-order valence-electron chi connectivity index (χ2n) is 6.48. The number of benzene rings is 1. The first-order valence-electron chi connectivity index (χ1n) is 8.56. The fraction of sp³-hybridized carbons (Fsp3) is 0.474. The molecule has 0 bridgehead atoms. The quantitative estimate of drug-likeness (QED) is 0.601. The summed E-state index contributed by atoms with van der Waals surface area (Å²) < 4.78 is 50.6. The molecular formula is C19H22F3NO4. The molecule has 2 rings (SSSR count). The van der Waals surface area contributed by atoms with Gasteiger partial charge in [0.1, 0.15) is 6.61 Å². The van der Waals surface area contributed by atoms with E-state index in [9.17, 15) is 22.8 Å². The molecule has 0 saturated carbocycles. The molecule has 0 fully saturated rings. The molecule has 1 N–H and O–H groups in total. The van der Waals surface area contributed by atoms with Crippen LogP contribution < -0.4 is 5.32 Å². The van der Waals surface area contributed by atoms with Gasteiger partial charge in [-0.25, -0.2) is 4.79 Å². The Kier molecular flexibility index (Phi) is 6.64. The Labute approximate surface area is 155 Å². The minimum Gasteiger partial charge on any atom is -0.460 e. The number of carbonyl (C=O) groups is 2. The number of allylic oxidation sites excluding steroid dienone is 1. The van der Waals surface area contributed by atoms with Crippen LogP contribution in [0.2, 0.25) is 0 Å². The molecule has 0 aliphatic carbocycles. The molecule has 27 heavy (non-hydrogen) atoms. The van der Waals surface area contributed by atoms with Crippen LogP contribution in [-0.2, 0) is 25.2 Å². The highest BCUT2D eigenvalue weighted by molar-refractivity contribution is 5.95. The lowest BCUT2D eigenvalue weighted by Gasteiger charge is -2.28. The predicted octanol–water partition coefficient (Wildman–Crippen LogP) is 3.55. The molecule has 1 aliphatic rings. The summed E-state index contributed by atoms with van der Waals surface area (Å²) in [6.07, 6.45) is -4.90. The van der Waals surface area contributed by atoms with Crippen molar-refractivity contribution >= 4 is 11.9 Å². The maximum absolute atomic E-state index is 13.4. The number of carbonyl (C=O) groups excluding carboxylic acids is 2. The molecule has 0 spiro atoms. The van der Waals surface area contributed by atoms with Gasteiger partial charge in [-0.3, -0.25) is 4.79 Å². The highest BCUT2D eigenvalue weighted by Crippen LogP contribution is 2.41. The van der Waals surface area contributed by atoms with E-state index in [4.69, 9.17) is 9.47 Å². The molecule has 0 aromatic heterocycles. The van der Waals surface area contributed by atoms with Crippen molar-refractivity contribution in [2.24, 2.45) is 0 Å². The van der Waals surface area contributed by atoms with Crippen LogP contribution in [0.3, 0.4) is 0 Å². The fourth-order valence-corrected chi connectivity index (χ4v) is 2.99. The van der Waals surface area contributed by atoms with Crippen LogP contribution in [0.15, 0.2) is 35.5 Å². The van der Waals surface area contributed by atoms with Crippen LogP contribution in [0.1, 0.15) is 44.2 Å². The highest BCUT2D eigenvalue weighted by atomic mass is 19.4. The van der Waals surface area contributed by atoms with Gasteiger partial charge in [-0.15, -0.1) is 0 Å². The Morgan fingerprint density at radius 2 is 1.93 bits per heavy atom. The molecule has 1 amide bonds. The number of ether oxygens (including phenoxy) is 2. The minimum atomic E-state index is -4.60. The Balaban J connectivity index is 2.33. The third kappa shape index (κ3) is 5.32. The van der Waals surface area contributed by atoms with E-state index in [1.807, 2.05) is 13.8 Å². The van der Waals surface area contributed by atoms with E-state index in [2.05, 4.69) is 5.32 Å². The number of halogens is 3. The molecule has 0 saturated heterocycles. The molecule has 1 heterocycles. The smallest absolute Gasteiger partial charge is 0.416 e. The van der Waals surface area contributed by atoms with Crippen molar-refractivity contribution < 1.29 is 32.2 Å². The third-order valence-corrected chi connectivity index (χ3v) is 4.10. The Bertz CT molecular complexity index is 741. The number of hydrogen-bond acceptors (Lipinski definition) is 4. The summed E-state index contributed by atoms with van der Waals surface area (Å²) in [5, 5.41) is 2.50. The zero-order valence-corrected chi connectivity index (χ0v) is 15.4. The van der Waals surface area contributed by atoms with E-state index >= 15 is 0 Å². The summed E-state index contributed by atoms with van der Waals surface area (Å²) in [6.45, 7) is 5.27.